The van der Waals surface area contributed by atoms with Crippen molar-refractivity contribution < 1.29 is 32.2 Å². The molecule has 208 valence electrons. The second kappa shape index (κ2) is 11.1. The van der Waals surface area contributed by atoms with Gasteiger partial charge in [0, 0.05) is 37.6 Å². The summed E-state index contributed by atoms with van der Waals surface area (Å²) in [7, 11) is 0. The number of ether oxygens (including phenoxy) is 2. The Labute approximate surface area is 223 Å². The number of amides is 2. The molecule has 0 radical (unpaired) electrons. The number of halogens is 3. The van der Waals surface area contributed by atoms with Gasteiger partial charge in [0.2, 0.25) is 5.91 Å². The predicted octanol–water partition coefficient (Wildman–Crippen LogP) is 4.34. The molecule has 2 aliphatic rings. The number of nitrogens with one attached hydrogen (secondary N) is 1. The number of hydrogen-bond donors (Lipinski definition) is 1. The van der Waals surface area contributed by atoms with Crippen LogP contribution in [0.3, 0.4) is 0 Å². The van der Waals surface area contributed by atoms with Crippen LogP contribution in [-0.2, 0) is 33.4 Å². The number of hydrogen-bond acceptors (Lipinski definition) is 8. The van der Waals surface area contributed by atoms with Crippen molar-refractivity contribution in [1.82, 2.24) is 19.8 Å². The second-order valence-corrected chi connectivity index (χ2v) is 11.5. The van der Waals surface area contributed by atoms with Crippen molar-refractivity contribution in [3.05, 3.63) is 40.7 Å². The van der Waals surface area contributed by atoms with Gasteiger partial charge in [-0.3, -0.25) is 15.1 Å². The first-order chi connectivity index (χ1) is 17.8. The van der Waals surface area contributed by atoms with Gasteiger partial charge < -0.3 is 19.3 Å². The van der Waals surface area contributed by atoms with E-state index in [1.165, 1.54) is 17.4 Å². The van der Waals surface area contributed by atoms with E-state index in [1.807, 2.05) is 5.38 Å². The first kappa shape index (κ1) is 28.2. The zero-order valence-corrected chi connectivity index (χ0v) is 22.5. The van der Waals surface area contributed by atoms with Crippen LogP contribution in [0.25, 0.3) is 0 Å². The number of carbonyl (C=O) groups excluding carboxylic acids is 2. The van der Waals surface area contributed by atoms with E-state index < -0.39 is 29.0 Å². The van der Waals surface area contributed by atoms with Crippen molar-refractivity contribution in [3.63, 3.8) is 0 Å². The van der Waals surface area contributed by atoms with Gasteiger partial charge in [0.05, 0.1) is 35.6 Å². The van der Waals surface area contributed by atoms with Crippen LogP contribution >= 0.6 is 11.3 Å². The summed E-state index contributed by atoms with van der Waals surface area (Å²) in [4.78, 5) is 36.7. The molecule has 0 unspecified atom stereocenters. The summed E-state index contributed by atoms with van der Waals surface area (Å²) in [5, 5.41) is 5.07. The number of carbonyl (C=O) groups is 2. The Morgan fingerprint density at radius 2 is 1.95 bits per heavy atom. The lowest BCUT2D eigenvalue weighted by Crippen LogP contribution is -2.58. The number of morpholine rings is 1. The summed E-state index contributed by atoms with van der Waals surface area (Å²) in [5.74, 6) is -0.195. The van der Waals surface area contributed by atoms with Gasteiger partial charge in [-0.25, -0.2) is 9.78 Å². The van der Waals surface area contributed by atoms with Crippen LogP contribution in [-0.4, -0.2) is 75.8 Å². The number of piperidine rings is 1. The third-order valence-electron chi connectivity index (χ3n) is 6.45. The van der Waals surface area contributed by atoms with E-state index in [1.54, 1.807) is 25.7 Å². The number of aromatic nitrogens is 2. The van der Waals surface area contributed by atoms with Crippen molar-refractivity contribution in [2.75, 3.05) is 38.1 Å². The van der Waals surface area contributed by atoms with Gasteiger partial charge in [0.15, 0.2) is 5.13 Å². The van der Waals surface area contributed by atoms with E-state index in [4.69, 9.17) is 9.47 Å². The highest BCUT2D eigenvalue weighted by Gasteiger charge is 2.42. The molecule has 1 N–H and O–H groups in total. The molecule has 2 saturated heterocycles. The molecule has 0 aromatic carbocycles. The highest BCUT2D eigenvalue weighted by Crippen LogP contribution is 2.32. The monoisotopic (exact) mass is 555 g/mol. The van der Waals surface area contributed by atoms with E-state index >= 15 is 0 Å². The molecule has 0 aliphatic carbocycles. The Balaban J connectivity index is 1.24. The zero-order chi connectivity index (χ0) is 27.6. The molecule has 0 atom stereocenters. The first-order valence-corrected chi connectivity index (χ1v) is 13.3. The highest BCUT2D eigenvalue weighted by molar-refractivity contribution is 7.13. The largest absolute Gasteiger partial charge is 0.444 e. The predicted molar refractivity (Wildman–Crippen MR) is 135 cm³/mol. The summed E-state index contributed by atoms with van der Waals surface area (Å²) < 4.78 is 49.7. The molecular weight excluding hydrogens is 523 g/mol. The maximum atomic E-state index is 12.8. The van der Waals surface area contributed by atoms with Crippen LogP contribution in [0.4, 0.5) is 23.1 Å². The Kier molecular flexibility index (Phi) is 8.29. The Hall–Kier alpha value is -2.77. The highest BCUT2D eigenvalue weighted by atomic mass is 32.1. The van der Waals surface area contributed by atoms with Gasteiger partial charge in [0.25, 0.3) is 0 Å². The lowest BCUT2D eigenvalue weighted by Gasteiger charge is -2.47. The van der Waals surface area contributed by atoms with Crippen molar-refractivity contribution in [1.29, 1.82) is 0 Å². The molecule has 13 heteroatoms. The fourth-order valence-corrected chi connectivity index (χ4v) is 5.17. The molecule has 2 aromatic heterocycles. The number of thiazole rings is 1. The van der Waals surface area contributed by atoms with E-state index in [-0.39, 0.29) is 19.1 Å². The van der Waals surface area contributed by atoms with Gasteiger partial charge in [-0.15, -0.1) is 11.3 Å². The van der Waals surface area contributed by atoms with Crippen LogP contribution in [0.2, 0.25) is 0 Å². The molecular formula is C25H32F3N5O4S. The fraction of sp³-hybridized carbons (Fsp3) is 0.600. The van der Waals surface area contributed by atoms with Gasteiger partial charge in [0.1, 0.15) is 12.2 Å². The van der Waals surface area contributed by atoms with Crippen LogP contribution in [0.1, 0.15) is 50.6 Å². The number of nitrogens with zero attached hydrogens (tertiary/aromatic N) is 4. The summed E-state index contributed by atoms with van der Waals surface area (Å²) in [5.41, 5.74) is -0.574. The summed E-state index contributed by atoms with van der Waals surface area (Å²) in [6, 6.07) is 2.30. The van der Waals surface area contributed by atoms with Crippen molar-refractivity contribution in [3.8, 4) is 0 Å². The summed E-state index contributed by atoms with van der Waals surface area (Å²) >= 11 is 1.35. The Morgan fingerprint density at radius 1 is 1.21 bits per heavy atom. The van der Waals surface area contributed by atoms with Gasteiger partial charge >= 0.3 is 12.3 Å². The molecule has 9 nitrogen and oxygen atoms in total. The maximum Gasteiger partial charge on any atom is 0.417 e. The molecule has 2 aromatic rings. The van der Waals surface area contributed by atoms with Crippen molar-refractivity contribution in [2.45, 2.75) is 64.0 Å². The number of pyridine rings is 1. The standard InChI is InChI=1S/C25H32F3N5O4S/c1-23(2,3)37-22(35)31-21-30-19(15-38-21)6-9-32-10-7-24(8-11-32)16-33(20(34)14-36-24)13-18-5-4-17(12-29-18)25(26,27)28/h4-5,12,15H,6-11,13-14,16H2,1-3H3,(H,30,31,35). The van der Waals surface area contributed by atoms with Crippen LogP contribution in [0, 0.1) is 0 Å². The smallest absolute Gasteiger partial charge is 0.417 e. The third-order valence-corrected chi connectivity index (χ3v) is 7.26. The normalized spacial score (nSPS) is 18.6. The first-order valence-electron chi connectivity index (χ1n) is 12.4. The molecule has 0 saturated carbocycles. The van der Waals surface area contributed by atoms with Crippen LogP contribution < -0.4 is 5.32 Å². The Bertz CT molecular complexity index is 1130. The quantitative estimate of drug-likeness (QED) is 0.567. The maximum absolute atomic E-state index is 12.8. The molecule has 4 heterocycles. The minimum absolute atomic E-state index is 0.0487. The van der Waals surface area contributed by atoms with Crippen LogP contribution in [0.5, 0.6) is 0 Å². The average Bonchev–Trinajstić information content (AvgIpc) is 3.27. The van der Waals surface area contributed by atoms with E-state index in [0.29, 0.717) is 17.4 Å². The topological polar surface area (TPSA) is 96.9 Å². The third kappa shape index (κ3) is 7.64. The van der Waals surface area contributed by atoms with E-state index in [0.717, 1.165) is 56.9 Å². The van der Waals surface area contributed by atoms with Crippen LogP contribution in [0.15, 0.2) is 23.7 Å². The summed E-state index contributed by atoms with van der Waals surface area (Å²) in [6.07, 6.45) is -1.98. The molecule has 2 aliphatic heterocycles. The minimum atomic E-state index is -4.45. The molecule has 38 heavy (non-hydrogen) atoms. The SMILES string of the molecule is CC(C)(C)OC(=O)Nc1nc(CCN2CCC3(CC2)CN(Cc2ccc(C(F)(F)F)cn2)C(=O)CO3)cs1. The lowest BCUT2D eigenvalue weighted by molar-refractivity contribution is -0.172. The molecule has 0 bridgehead atoms. The number of likely N-dealkylation sites (tertiary alicyclic amines) is 1. The van der Waals surface area contributed by atoms with Gasteiger partial charge in [-0.1, -0.05) is 0 Å². The van der Waals surface area contributed by atoms with Gasteiger partial charge in [-0.2, -0.15) is 13.2 Å². The Morgan fingerprint density at radius 3 is 2.58 bits per heavy atom. The average molecular weight is 556 g/mol. The molecule has 4 rings (SSSR count). The number of rotatable bonds is 6. The zero-order valence-electron chi connectivity index (χ0n) is 21.6. The van der Waals surface area contributed by atoms with E-state index in [2.05, 4.69) is 20.2 Å². The fourth-order valence-electron chi connectivity index (χ4n) is 4.44. The minimum Gasteiger partial charge on any atom is -0.444 e. The number of anilines is 1. The van der Waals surface area contributed by atoms with Crippen molar-refractivity contribution in [2.24, 2.45) is 0 Å². The lowest BCUT2D eigenvalue weighted by atomic mass is 9.89. The van der Waals surface area contributed by atoms with Gasteiger partial charge in [-0.05, 0) is 45.7 Å². The van der Waals surface area contributed by atoms with E-state index in [9.17, 15) is 22.8 Å². The molecule has 2 fully saturated rings. The van der Waals surface area contributed by atoms with Crippen molar-refractivity contribution >= 4 is 28.5 Å². The molecule has 2 amide bonds. The molecule has 1 spiro atoms. The number of alkyl halides is 3. The second-order valence-electron chi connectivity index (χ2n) is 10.6. The summed E-state index contributed by atoms with van der Waals surface area (Å²) in [6.45, 7) is 8.24.